The molecule has 22 heavy (non-hydrogen) atoms. The van der Waals surface area contributed by atoms with Crippen molar-refractivity contribution in [1.29, 1.82) is 0 Å². The summed E-state index contributed by atoms with van der Waals surface area (Å²) in [5.74, 6) is 2.50. The van der Waals surface area contributed by atoms with Crippen LogP contribution in [0.25, 0.3) is 0 Å². The molecule has 3 rings (SSSR count). The van der Waals surface area contributed by atoms with Crippen molar-refractivity contribution in [2.75, 3.05) is 0 Å². The number of rotatable bonds is 3. The van der Waals surface area contributed by atoms with Gasteiger partial charge in [0.05, 0.1) is 6.10 Å². The first kappa shape index (κ1) is 15.9. The zero-order chi connectivity index (χ0) is 15.9. The molecule has 2 N–H and O–H groups in total. The van der Waals surface area contributed by atoms with Crippen molar-refractivity contribution in [3.05, 3.63) is 29.3 Å². The quantitative estimate of drug-likeness (QED) is 0.865. The first-order chi connectivity index (χ1) is 10.4. The molecule has 2 saturated carbocycles. The van der Waals surface area contributed by atoms with Crippen molar-refractivity contribution in [3.63, 3.8) is 0 Å². The summed E-state index contributed by atoms with van der Waals surface area (Å²) in [5, 5.41) is 20.1. The molecule has 2 fully saturated rings. The van der Waals surface area contributed by atoms with Crippen LogP contribution in [0.5, 0.6) is 5.75 Å². The number of phenols is 1. The van der Waals surface area contributed by atoms with E-state index in [1.54, 1.807) is 6.07 Å². The maximum absolute atomic E-state index is 10.4. The van der Waals surface area contributed by atoms with Crippen LogP contribution in [0.2, 0.25) is 0 Å². The number of phenolic OH excluding ortho intramolecular Hbond substituents is 1. The maximum Gasteiger partial charge on any atom is 0.115 e. The summed E-state index contributed by atoms with van der Waals surface area (Å²) in [7, 11) is 0. The number of aromatic hydroxyl groups is 1. The molecule has 0 aliphatic heterocycles. The standard InChI is InChI=1S/C20H30O2/c1-13-4-6-16(21)12-15(13)5-7-17-14(2)10-11-20(3)18(17)8-9-19(20)22/h4,6,12,14,17-19,21-22H,5,7-11H2,1-3H3/t14-,17+,18-,19-,20-/m0/s1. The number of aryl methyl sites for hydroxylation is 2. The van der Waals surface area contributed by atoms with Gasteiger partial charge in [0.25, 0.3) is 0 Å². The smallest absolute Gasteiger partial charge is 0.115 e. The van der Waals surface area contributed by atoms with Crippen LogP contribution < -0.4 is 0 Å². The van der Waals surface area contributed by atoms with Crippen LogP contribution in [0.4, 0.5) is 0 Å². The molecule has 2 aliphatic carbocycles. The Morgan fingerprint density at radius 1 is 1.23 bits per heavy atom. The van der Waals surface area contributed by atoms with Crippen molar-refractivity contribution in [2.45, 2.75) is 65.4 Å². The van der Waals surface area contributed by atoms with Gasteiger partial charge in [-0.1, -0.05) is 19.9 Å². The van der Waals surface area contributed by atoms with Gasteiger partial charge in [0.2, 0.25) is 0 Å². The van der Waals surface area contributed by atoms with Gasteiger partial charge in [-0.2, -0.15) is 0 Å². The van der Waals surface area contributed by atoms with Crippen molar-refractivity contribution < 1.29 is 10.2 Å². The van der Waals surface area contributed by atoms with Gasteiger partial charge < -0.3 is 10.2 Å². The summed E-state index contributed by atoms with van der Waals surface area (Å²) >= 11 is 0. The molecule has 122 valence electrons. The van der Waals surface area contributed by atoms with E-state index in [9.17, 15) is 10.2 Å². The van der Waals surface area contributed by atoms with Gasteiger partial charge in [-0.3, -0.25) is 0 Å². The van der Waals surface area contributed by atoms with E-state index in [4.69, 9.17) is 0 Å². The largest absolute Gasteiger partial charge is 0.508 e. The summed E-state index contributed by atoms with van der Waals surface area (Å²) in [6.45, 7) is 6.83. The van der Waals surface area contributed by atoms with Crippen molar-refractivity contribution in [3.8, 4) is 5.75 Å². The van der Waals surface area contributed by atoms with E-state index in [0.29, 0.717) is 17.6 Å². The van der Waals surface area contributed by atoms with E-state index >= 15 is 0 Å². The molecule has 0 aromatic heterocycles. The lowest BCUT2D eigenvalue weighted by Gasteiger charge is -2.47. The van der Waals surface area contributed by atoms with E-state index in [1.807, 2.05) is 12.1 Å². The monoisotopic (exact) mass is 302 g/mol. The molecule has 0 heterocycles. The maximum atomic E-state index is 10.4. The Kier molecular flexibility index (Phi) is 4.24. The zero-order valence-corrected chi connectivity index (χ0v) is 14.2. The number of fused-ring (bicyclic) bond motifs is 1. The van der Waals surface area contributed by atoms with Gasteiger partial charge in [-0.15, -0.1) is 0 Å². The van der Waals surface area contributed by atoms with E-state index in [0.717, 1.165) is 18.8 Å². The summed E-state index contributed by atoms with van der Waals surface area (Å²) in [4.78, 5) is 0. The molecule has 5 atom stereocenters. The molecule has 1 aromatic carbocycles. The zero-order valence-electron chi connectivity index (χ0n) is 14.2. The molecule has 1 aromatic rings. The summed E-state index contributed by atoms with van der Waals surface area (Å²) < 4.78 is 0. The minimum absolute atomic E-state index is 0.102. The van der Waals surface area contributed by atoms with Crippen LogP contribution >= 0.6 is 0 Å². The minimum Gasteiger partial charge on any atom is -0.508 e. The first-order valence-electron chi connectivity index (χ1n) is 8.88. The third kappa shape index (κ3) is 2.67. The SMILES string of the molecule is Cc1ccc(O)cc1CC[C@@H]1[C@@H](C)CC[C@]2(C)[C@@H](O)CC[C@@H]12. The second-order valence-electron chi connectivity index (χ2n) is 8.03. The summed E-state index contributed by atoms with van der Waals surface area (Å²) in [6, 6.07) is 5.70. The third-order valence-corrected chi connectivity index (χ3v) is 6.83. The van der Waals surface area contributed by atoms with Gasteiger partial charge in [0, 0.05) is 0 Å². The van der Waals surface area contributed by atoms with E-state index in [1.165, 1.54) is 36.8 Å². The van der Waals surface area contributed by atoms with E-state index in [-0.39, 0.29) is 11.5 Å². The highest BCUT2D eigenvalue weighted by molar-refractivity contribution is 5.34. The molecule has 0 amide bonds. The average Bonchev–Trinajstić information content (AvgIpc) is 2.78. The average molecular weight is 302 g/mol. The third-order valence-electron chi connectivity index (χ3n) is 6.83. The predicted molar refractivity (Wildman–Crippen MR) is 89.9 cm³/mol. The Hall–Kier alpha value is -1.02. The fourth-order valence-corrected chi connectivity index (χ4v) is 5.18. The second kappa shape index (κ2) is 5.88. The molecule has 0 spiro atoms. The lowest BCUT2D eigenvalue weighted by molar-refractivity contribution is -0.0313. The number of benzene rings is 1. The Morgan fingerprint density at radius 3 is 2.77 bits per heavy atom. The number of hydrogen-bond donors (Lipinski definition) is 2. The van der Waals surface area contributed by atoms with Crippen LogP contribution in [-0.4, -0.2) is 16.3 Å². The Bertz CT molecular complexity index is 539. The topological polar surface area (TPSA) is 40.5 Å². The van der Waals surface area contributed by atoms with Gasteiger partial charge in [0.15, 0.2) is 0 Å². The van der Waals surface area contributed by atoms with Gasteiger partial charge >= 0.3 is 0 Å². The highest BCUT2D eigenvalue weighted by atomic mass is 16.3. The first-order valence-corrected chi connectivity index (χ1v) is 8.88. The van der Waals surface area contributed by atoms with Gasteiger partial charge in [-0.25, -0.2) is 0 Å². The second-order valence-corrected chi connectivity index (χ2v) is 8.03. The Balaban J connectivity index is 1.74. The Labute approximate surface area is 134 Å². The van der Waals surface area contributed by atoms with Crippen LogP contribution in [0, 0.1) is 30.1 Å². The molecule has 0 bridgehead atoms. The van der Waals surface area contributed by atoms with E-state index < -0.39 is 0 Å². The minimum atomic E-state index is -0.102. The number of hydrogen-bond acceptors (Lipinski definition) is 2. The highest BCUT2D eigenvalue weighted by Crippen LogP contribution is 2.57. The predicted octanol–water partition coefficient (Wildman–Crippen LogP) is 4.46. The highest BCUT2D eigenvalue weighted by Gasteiger charge is 2.52. The fourth-order valence-electron chi connectivity index (χ4n) is 5.18. The van der Waals surface area contributed by atoms with Crippen LogP contribution in [0.1, 0.15) is 57.1 Å². The lowest BCUT2D eigenvalue weighted by atomic mass is 9.59. The van der Waals surface area contributed by atoms with Crippen molar-refractivity contribution in [1.82, 2.24) is 0 Å². The molecular weight excluding hydrogens is 272 g/mol. The normalized spacial score (nSPS) is 38.0. The fraction of sp³-hybridized carbons (Fsp3) is 0.700. The molecule has 2 nitrogen and oxygen atoms in total. The lowest BCUT2D eigenvalue weighted by Crippen LogP contribution is -2.42. The van der Waals surface area contributed by atoms with Gasteiger partial charge in [-0.05, 0) is 91.9 Å². The number of aliphatic hydroxyl groups excluding tert-OH is 1. The van der Waals surface area contributed by atoms with Crippen molar-refractivity contribution >= 4 is 0 Å². The summed E-state index contributed by atoms with van der Waals surface area (Å²) in [5.41, 5.74) is 2.69. The van der Waals surface area contributed by atoms with Crippen LogP contribution in [0.15, 0.2) is 18.2 Å². The molecule has 0 radical (unpaired) electrons. The molecular formula is C20H30O2. The van der Waals surface area contributed by atoms with Gasteiger partial charge in [0.1, 0.15) is 5.75 Å². The molecule has 0 saturated heterocycles. The number of aliphatic hydroxyl groups is 1. The molecule has 2 aliphatic rings. The van der Waals surface area contributed by atoms with Crippen LogP contribution in [-0.2, 0) is 6.42 Å². The molecule has 2 heteroatoms. The van der Waals surface area contributed by atoms with Crippen LogP contribution in [0.3, 0.4) is 0 Å². The summed E-state index contributed by atoms with van der Waals surface area (Å²) in [6.07, 6.45) is 6.71. The van der Waals surface area contributed by atoms with E-state index in [2.05, 4.69) is 20.8 Å². The Morgan fingerprint density at radius 2 is 2.00 bits per heavy atom. The molecule has 0 unspecified atom stereocenters. The van der Waals surface area contributed by atoms with Crippen molar-refractivity contribution in [2.24, 2.45) is 23.2 Å².